The number of para-hydroxylation sites is 1. The quantitative estimate of drug-likeness (QED) is 0.920. The number of likely N-dealkylation sites (tertiary alicyclic amines) is 1. The first kappa shape index (κ1) is 13.8. The predicted molar refractivity (Wildman–Crippen MR) is 78.5 cm³/mol. The van der Waals surface area contributed by atoms with Crippen LogP contribution >= 0.6 is 0 Å². The molecule has 2 saturated heterocycles. The van der Waals surface area contributed by atoms with E-state index in [2.05, 4.69) is 9.80 Å². The van der Waals surface area contributed by atoms with Crippen molar-refractivity contribution >= 4 is 5.69 Å². The molecule has 2 fully saturated rings. The highest BCUT2D eigenvalue weighted by Gasteiger charge is 2.31. The molecule has 3 rings (SSSR count). The lowest BCUT2D eigenvalue weighted by Crippen LogP contribution is -2.35. The second-order valence-electron chi connectivity index (χ2n) is 5.99. The van der Waals surface area contributed by atoms with Gasteiger partial charge in [-0.25, -0.2) is 4.39 Å². The standard InChI is InChI=1S/C16H23FN2O/c1-12(20)14-5-4-6-15(17)16(14)19-10-7-13(11-19)18-8-2-3-9-18/h4-6,12-13,20H,2-3,7-11H2,1H3/t12-,13?/m0/s1. The van der Waals surface area contributed by atoms with Crippen molar-refractivity contribution in [3.63, 3.8) is 0 Å². The smallest absolute Gasteiger partial charge is 0.146 e. The molecule has 0 amide bonds. The minimum atomic E-state index is -0.633. The number of hydrogen-bond donors (Lipinski definition) is 1. The van der Waals surface area contributed by atoms with Crippen LogP contribution in [0.5, 0.6) is 0 Å². The molecule has 4 heteroatoms. The van der Waals surface area contributed by atoms with Gasteiger partial charge < -0.3 is 10.0 Å². The van der Waals surface area contributed by atoms with Crippen molar-refractivity contribution in [3.8, 4) is 0 Å². The molecule has 0 radical (unpaired) electrons. The van der Waals surface area contributed by atoms with Crippen LogP contribution in [0.1, 0.15) is 37.9 Å². The summed E-state index contributed by atoms with van der Waals surface area (Å²) in [5.74, 6) is -0.217. The lowest BCUT2D eigenvalue weighted by atomic mass is 10.1. The van der Waals surface area contributed by atoms with E-state index in [-0.39, 0.29) is 5.82 Å². The monoisotopic (exact) mass is 278 g/mol. The maximum atomic E-state index is 14.2. The Morgan fingerprint density at radius 3 is 2.70 bits per heavy atom. The maximum Gasteiger partial charge on any atom is 0.146 e. The van der Waals surface area contributed by atoms with Gasteiger partial charge in [-0.1, -0.05) is 12.1 Å². The van der Waals surface area contributed by atoms with E-state index in [4.69, 9.17) is 0 Å². The highest BCUT2D eigenvalue weighted by atomic mass is 19.1. The van der Waals surface area contributed by atoms with Crippen LogP contribution in [-0.4, -0.2) is 42.2 Å². The van der Waals surface area contributed by atoms with Gasteiger partial charge in [0.05, 0.1) is 11.8 Å². The highest BCUT2D eigenvalue weighted by molar-refractivity contribution is 5.56. The third-order valence-electron chi connectivity index (χ3n) is 4.60. The van der Waals surface area contributed by atoms with Crippen molar-refractivity contribution in [3.05, 3.63) is 29.6 Å². The average Bonchev–Trinajstić information content (AvgIpc) is 3.09. The van der Waals surface area contributed by atoms with Gasteiger partial charge >= 0.3 is 0 Å². The lowest BCUT2D eigenvalue weighted by Gasteiger charge is -2.26. The lowest BCUT2D eigenvalue weighted by molar-refractivity contribution is 0.199. The molecule has 0 spiro atoms. The Kier molecular flexibility index (Phi) is 3.94. The average molecular weight is 278 g/mol. The van der Waals surface area contributed by atoms with Gasteiger partial charge in [0.2, 0.25) is 0 Å². The molecule has 2 atom stereocenters. The molecular formula is C16H23FN2O. The predicted octanol–water partition coefficient (Wildman–Crippen LogP) is 2.55. The van der Waals surface area contributed by atoms with Gasteiger partial charge in [0.25, 0.3) is 0 Å². The molecule has 1 aromatic carbocycles. The van der Waals surface area contributed by atoms with Gasteiger partial charge in [0.15, 0.2) is 0 Å². The third-order valence-corrected chi connectivity index (χ3v) is 4.60. The number of halogens is 1. The van der Waals surface area contributed by atoms with E-state index in [0.29, 0.717) is 17.3 Å². The first-order chi connectivity index (χ1) is 9.66. The molecule has 1 unspecified atom stereocenters. The molecule has 0 bridgehead atoms. The van der Waals surface area contributed by atoms with E-state index < -0.39 is 6.10 Å². The summed E-state index contributed by atoms with van der Waals surface area (Å²) in [6, 6.07) is 5.53. The van der Waals surface area contributed by atoms with Gasteiger partial charge in [-0.2, -0.15) is 0 Å². The zero-order valence-electron chi connectivity index (χ0n) is 12.1. The SMILES string of the molecule is C[C@H](O)c1cccc(F)c1N1CCC(N2CCCC2)C1. The summed E-state index contributed by atoms with van der Waals surface area (Å²) in [4.78, 5) is 4.64. The van der Waals surface area contributed by atoms with Gasteiger partial charge in [-0.15, -0.1) is 0 Å². The van der Waals surface area contributed by atoms with Gasteiger partial charge in [0.1, 0.15) is 5.82 Å². The van der Waals surface area contributed by atoms with Gasteiger partial charge in [0, 0.05) is 24.7 Å². The van der Waals surface area contributed by atoms with E-state index in [0.717, 1.165) is 19.5 Å². The zero-order chi connectivity index (χ0) is 14.1. The first-order valence-corrected chi connectivity index (χ1v) is 7.62. The van der Waals surface area contributed by atoms with Crippen LogP contribution in [0.4, 0.5) is 10.1 Å². The van der Waals surface area contributed by atoms with Gasteiger partial charge in [-0.05, 0) is 45.3 Å². The summed E-state index contributed by atoms with van der Waals surface area (Å²) in [5.41, 5.74) is 1.30. The summed E-state index contributed by atoms with van der Waals surface area (Å²) in [5, 5.41) is 9.86. The normalized spacial score (nSPS) is 25.4. The molecule has 3 nitrogen and oxygen atoms in total. The molecule has 0 saturated carbocycles. The van der Waals surface area contributed by atoms with Crippen molar-refractivity contribution in [2.75, 3.05) is 31.1 Å². The van der Waals surface area contributed by atoms with E-state index in [1.165, 1.54) is 32.0 Å². The van der Waals surface area contributed by atoms with Crippen LogP contribution in [0.15, 0.2) is 18.2 Å². The van der Waals surface area contributed by atoms with Crippen LogP contribution in [0.3, 0.4) is 0 Å². The van der Waals surface area contributed by atoms with Crippen molar-refractivity contribution in [1.82, 2.24) is 4.90 Å². The van der Waals surface area contributed by atoms with E-state index >= 15 is 0 Å². The fourth-order valence-corrected chi connectivity index (χ4v) is 3.55. The van der Waals surface area contributed by atoms with Crippen molar-refractivity contribution < 1.29 is 9.50 Å². The van der Waals surface area contributed by atoms with Gasteiger partial charge in [-0.3, -0.25) is 4.90 Å². The summed E-state index contributed by atoms with van der Waals surface area (Å²) >= 11 is 0. The minimum Gasteiger partial charge on any atom is -0.389 e. The summed E-state index contributed by atoms with van der Waals surface area (Å²) in [6.45, 7) is 5.81. The summed E-state index contributed by atoms with van der Waals surface area (Å²) in [7, 11) is 0. The Labute approximate surface area is 120 Å². The molecule has 110 valence electrons. The second-order valence-corrected chi connectivity index (χ2v) is 5.99. The number of nitrogens with zero attached hydrogens (tertiary/aromatic N) is 2. The zero-order valence-corrected chi connectivity index (χ0v) is 12.1. The van der Waals surface area contributed by atoms with Crippen LogP contribution in [0.2, 0.25) is 0 Å². The van der Waals surface area contributed by atoms with Crippen molar-refractivity contribution in [2.24, 2.45) is 0 Å². The van der Waals surface area contributed by atoms with E-state index in [1.54, 1.807) is 13.0 Å². The number of rotatable bonds is 3. The molecule has 0 aromatic heterocycles. The molecule has 2 aliphatic heterocycles. The Morgan fingerprint density at radius 1 is 1.25 bits per heavy atom. The number of benzene rings is 1. The summed E-state index contributed by atoms with van der Waals surface area (Å²) in [6.07, 6.45) is 3.03. The molecular weight excluding hydrogens is 255 g/mol. The number of aliphatic hydroxyl groups excluding tert-OH is 1. The molecule has 0 aliphatic carbocycles. The fourth-order valence-electron chi connectivity index (χ4n) is 3.55. The van der Waals surface area contributed by atoms with Crippen LogP contribution in [-0.2, 0) is 0 Å². The van der Waals surface area contributed by atoms with E-state index in [1.807, 2.05) is 6.07 Å². The Bertz CT molecular complexity index is 472. The molecule has 1 aromatic rings. The third kappa shape index (κ3) is 2.54. The first-order valence-electron chi connectivity index (χ1n) is 7.62. The van der Waals surface area contributed by atoms with Crippen molar-refractivity contribution in [2.45, 2.75) is 38.3 Å². The van der Waals surface area contributed by atoms with Crippen molar-refractivity contribution in [1.29, 1.82) is 0 Å². The number of hydrogen-bond acceptors (Lipinski definition) is 3. The molecule has 2 aliphatic rings. The van der Waals surface area contributed by atoms with Crippen LogP contribution in [0.25, 0.3) is 0 Å². The Morgan fingerprint density at radius 2 is 2.00 bits per heavy atom. The van der Waals surface area contributed by atoms with Crippen LogP contribution in [0, 0.1) is 5.82 Å². The molecule has 1 N–H and O–H groups in total. The maximum absolute atomic E-state index is 14.2. The topological polar surface area (TPSA) is 26.7 Å². The number of anilines is 1. The molecule has 2 heterocycles. The molecule has 20 heavy (non-hydrogen) atoms. The number of aliphatic hydroxyl groups is 1. The largest absolute Gasteiger partial charge is 0.389 e. The van der Waals surface area contributed by atoms with E-state index in [9.17, 15) is 9.50 Å². The fraction of sp³-hybridized carbons (Fsp3) is 0.625. The van der Waals surface area contributed by atoms with Crippen LogP contribution < -0.4 is 4.90 Å². The second kappa shape index (κ2) is 5.70. The minimum absolute atomic E-state index is 0.217. The Balaban J connectivity index is 1.80. The Hall–Kier alpha value is -1.13. The highest BCUT2D eigenvalue weighted by Crippen LogP contribution is 2.33. The summed E-state index contributed by atoms with van der Waals surface area (Å²) < 4.78 is 14.2.